The highest BCUT2D eigenvalue weighted by molar-refractivity contribution is 5.88. The molecule has 0 bridgehead atoms. The van der Waals surface area contributed by atoms with Gasteiger partial charge in [-0.1, -0.05) is 26.8 Å². The molecule has 10 unspecified atom stereocenters. The lowest BCUT2D eigenvalue weighted by Gasteiger charge is -2.67. The number of hydrogen-bond acceptors (Lipinski definition) is 11. The third kappa shape index (κ3) is 3.50. The fourth-order valence-electron chi connectivity index (χ4n) is 9.56. The monoisotopic (exact) mass is 572 g/mol. The zero-order chi connectivity index (χ0) is 29.9. The van der Waals surface area contributed by atoms with Gasteiger partial charge in [-0.25, -0.2) is 14.4 Å². The molecule has 2 aliphatic carbocycles. The number of cyclic esters (lactones) is 3. The second kappa shape index (κ2) is 8.42. The lowest BCUT2D eigenvalue weighted by atomic mass is 9.37. The number of esters is 5. The first kappa shape index (κ1) is 27.9. The average molecular weight is 573 g/mol. The van der Waals surface area contributed by atoms with Crippen LogP contribution in [0.25, 0.3) is 0 Å². The smallest absolute Gasteiger partial charge is 0.339 e. The Morgan fingerprint density at radius 3 is 2.24 bits per heavy atom. The largest absolute Gasteiger partial charge is 0.462 e. The molecular weight excluding hydrogens is 536 g/mol. The molecule has 6 rings (SSSR count). The summed E-state index contributed by atoms with van der Waals surface area (Å²) in [4.78, 5) is 62.9. The first-order chi connectivity index (χ1) is 19.0. The average Bonchev–Trinajstić information content (AvgIpc) is 3.55. The van der Waals surface area contributed by atoms with Crippen LogP contribution in [-0.4, -0.2) is 65.7 Å². The molecule has 6 aliphatic rings. The van der Waals surface area contributed by atoms with Gasteiger partial charge in [-0.2, -0.15) is 0 Å². The van der Waals surface area contributed by atoms with Crippen LogP contribution in [0, 0.1) is 28.1 Å². The summed E-state index contributed by atoms with van der Waals surface area (Å²) in [6, 6.07) is 0. The summed E-state index contributed by atoms with van der Waals surface area (Å²) in [6.07, 6.45) is 2.10. The van der Waals surface area contributed by atoms with Gasteiger partial charge in [0, 0.05) is 42.7 Å². The van der Waals surface area contributed by atoms with Gasteiger partial charge in [0.2, 0.25) is 0 Å². The normalized spacial score (nSPS) is 47.1. The maximum absolute atomic E-state index is 13.5. The molecule has 4 aliphatic heterocycles. The van der Waals surface area contributed by atoms with Crippen LogP contribution in [0.5, 0.6) is 0 Å². The van der Waals surface area contributed by atoms with E-state index in [0.29, 0.717) is 19.3 Å². The van der Waals surface area contributed by atoms with Gasteiger partial charge in [-0.15, -0.1) is 0 Å². The van der Waals surface area contributed by atoms with Crippen LogP contribution >= 0.6 is 0 Å². The van der Waals surface area contributed by atoms with Crippen LogP contribution in [0.4, 0.5) is 0 Å². The van der Waals surface area contributed by atoms with Crippen molar-refractivity contribution in [3.05, 3.63) is 23.8 Å². The van der Waals surface area contributed by atoms with Crippen LogP contribution < -0.4 is 0 Å². The van der Waals surface area contributed by atoms with Crippen LogP contribution in [0.3, 0.4) is 0 Å². The van der Waals surface area contributed by atoms with Gasteiger partial charge in [0.25, 0.3) is 6.29 Å². The number of hydrogen-bond donors (Lipinski definition) is 0. The van der Waals surface area contributed by atoms with Crippen molar-refractivity contribution >= 4 is 29.8 Å². The second-order valence-electron chi connectivity index (χ2n) is 13.5. The molecule has 2 saturated heterocycles. The Kier molecular flexibility index (Phi) is 5.74. The zero-order valence-corrected chi connectivity index (χ0v) is 24.3. The van der Waals surface area contributed by atoms with E-state index in [9.17, 15) is 24.0 Å². The predicted octanol–water partition coefficient (Wildman–Crippen LogP) is 2.69. The van der Waals surface area contributed by atoms with Crippen LogP contribution in [0.15, 0.2) is 23.8 Å². The number of rotatable bonds is 3. The van der Waals surface area contributed by atoms with Crippen molar-refractivity contribution in [3.63, 3.8) is 0 Å². The van der Waals surface area contributed by atoms with Crippen LogP contribution in [0.2, 0.25) is 0 Å². The number of carbonyl (C=O) groups excluding carboxylic acids is 5. The van der Waals surface area contributed by atoms with Gasteiger partial charge in [0.1, 0.15) is 23.4 Å². The summed E-state index contributed by atoms with van der Waals surface area (Å²) in [5.41, 5.74) is -4.21. The minimum Gasteiger partial charge on any atom is -0.462 e. The van der Waals surface area contributed by atoms with E-state index in [1.54, 1.807) is 0 Å². The molecule has 11 heteroatoms. The quantitative estimate of drug-likeness (QED) is 0.280. The van der Waals surface area contributed by atoms with E-state index in [0.717, 1.165) is 0 Å². The van der Waals surface area contributed by atoms with Crippen molar-refractivity contribution in [2.45, 2.75) is 104 Å². The first-order valence-electron chi connectivity index (χ1n) is 14.1. The second-order valence-corrected chi connectivity index (χ2v) is 13.5. The summed E-state index contributed by atoms with van der Waals surface area (Å²) in [6.45, 7) is 12.4. The minimum absolute atomic E-state index is 0.201. The Morgan fingerprint density at radius 1 is 0.902 bits per heavy atom. The van der Waals surface area contributed by atoms with Crippen molar-refractivity contribution in [2.24, 2.45) is 28.1 Å². The Morgan fingerprint density at radius 2 is 1.59 bits per heavy atom. The molecule has 0 amide bonds. The highest BCUT2D eigenvalue weighted by Gasteiger charge is 2.88. The van der Waals surface area contributed by atoms with Crippen molar-refractivity contribution in [1.82, 2.24) is 0 Å². The highest BCUT2D eigenvalue weighted by atomic mass is 16.7. The number of allylic oxidation sites excluding steroid dienone is 1. The summed E-state index contributed by atoms with van der Waals surface area (Å²) in [7, 11) is 0. The number of carbonyl (C=O) groups is 5. The first-order valence-corrected chi connectivity index (χ1v) is 14.1. The van der Waals surface area contributed by atoms with E-state index in [1.165, 1.54) is 26.0 Å². The molecule has 4 fully saturated rings. The molecule has 0 aromatic carbocycles. The van der Waals surface area contributed by atoms with E-state index in [-0.39, 0.29) is 17.4 Å². The minimum atomic E-state index is -1.33. The van der Waals surface area contributed by atoms with Crippen molar-refractivity contribution in [2.75, 3.05) is 0 Å². The van der Waals surface area contributed by atoms with Gasteiger partial charge >= 0.3 is 29.8 Å². The number of ether oxygens (including phenoxy) is 6. The predicted molar refractivity (Wildman–Crippen MR) is 137 cm³/mol. The van der Waals surface area contributed by atoms with Gasteiger partial charge < -0.3 is 28.4 Å². The Hall–Kier alpha value is -3.21. The lowest BCUT2D eigenvalue weighted by Crippen LogP contribution is -2.74. The SMILES string of the molecule is CC(=O)OC1OC(=O)C=C1C1OC(=O)C2OC23C1(C)CCC1C2(C)C=CC(=O)OC(C)(C)C2CC(OC(C)=O)C13C. The topological polar surface area (TPSA) is 144 Å². The summed E-state index contributed by atoms with van der Waals surface area (Å²) >= 11 is 0. The maximum atomic E-state index is 13.5. The Bertz CT molecular complexity index is 1330. The number of epoxide rings is 1. The van der Waals surface area contributed by atoms with Crippen LogP contribution in [-0.2, 0) is 52.4 Å². The van der Waals surface area contributed by atoms with Gasteiger partial charge in [-0.05, 0) is 44.4 Å². The molecule has 0 N–H and O–H groups in total. The molecule has 1 spiro atoms. The standard InChI is InChI=1S/C30H36O11/c1-14(31)36-19-13-18-26(3,4)40-20(33)9-10-27(18,5)17-8-11-28(6)22(16-12-21(34)38-25(16)37-15(2)32)39-24(35)23-30(28,41-23)29(17,19)7/h9-10,12,17-19,22-23,25H,8,11,13H2,1-7H3. The molecule has 222 valence electrons. The van der Waals surface area contributed by atoms with Gasteiger partial charge in [0.05, 0.1) is 5.57 Å². The maximum Gasteiger partial charge on any atom is 0.339 e. The molecule has 10 atom stereocenters. The number of fused-ring (bicyclic) bond motifs is 3. The lowest BCUT2D eigenvalue weighted by molar-refractivity contribution is -0.254. The molecular formula is C30H36O11. The van der Waals surface area contributed by atoms with Gasteiger partial charge in [-0.3, -0.25) is 9.59 Å². The van der Waals surface area contributed by atoms with E-state index in [2.05, 4.69) is 6.92 Å². The third-order valence-corrected chi connectivity index (χ3v) is 11.0. The summed E-state index contributed by atoms with van der Waals surface area (Å²) in [5, 5.41) is 0. The van der Waals surface area contributed by atoms with E-state index in [4.69, 9.17) is 28.4 Å². The Balaban J connectivity index is 1.52. The van der Waals surface area contributed by atoms with E-state index < -0.39 is 81.9 Å². The highest BCUT2D eigenvalue weighted by Crippen LogP contribution is 2.78. The van der Waals surface area contributed by atoms with Crippen LogP contribution in [0.1, 0.15) is 67.7 Å². The van der Waals surface area contributed by atoms with Gasteiger partial charge in [0.15, 0.2) is 6.10 Å². The molecule has 4 heterocycles. The summed E-state index contributed by atoms with van der Waals surface area (Å²) in [5.74, 6) is -3.30. The van der Waals surface area contributed by atoms with E-state index >= 15 is 0 Å². The fraction of sp³-hybridized carbons (Fsp3) is 0.700. The third-order valence-electron chi connectivity index (χ3n) is 11.0. The molecule has 11 nitrogen and oxygen atoms in total. The molecule has 0 aromatic rings. The summed E-state index contributed by atoms with van der Waals surface area (Å²) < 4.78 is 34.9. The van der Waals surface area contributed by atoms with E-state index in [1.807, 2.05) is 33.8 Å². The van der Waals surface area contributed by atoms with Crippen molar-refractivity contribution < 1.29 is 52.4 Å². The van der Waals surface area contributed by atoms with Crippen molar-refractivity contribution in [3.8, 4) is 0 Å². The molecule has 0 radical (unpaired) electrons. The Labute approximate surface area is 237 Å². The molecule has 41 heavy (non-hydrogen) atoms. The zero-order valence-electron chi connectivity index (χ0n) is 24.3. The molecule has 0 aromatic heterocycles. The molecule has 2 saturated carbocycles. The fourth-order valence-corrected chi connectivity index (χ4v) is 9.56. The van der Waals surface area contributed by atoms with Crippen molar-refractivity contribution in [1.29, 1.82) is 0 Å².